The Kier molecular flexibility index (Phi) is 3.49. The van der Waals surface area contributed by atoms with E-state index in [-0.39, 0.29) is 0 Å². The van der Waals surface area contributed by atoms with Crippen molar-refractivity contribution in [3.8, 4) is 11.4 Å². The first-order valence-corrected chi connectivity index (χ1v) is 8.78. The molecule has 0 unspecified atom stereocenters. The van der Waals surface area contributed by atoms with E-state index in [0.29, 0.717) is 0 Å². The monoisotopic (exact) mass is 336 g/mol. The van der Waals surface area contributed by atoms with Gasteiger partial charge in [0.05, 0.1) is 0 Å². The second-order valence-electron chi connectivity index (χ2n) is 6.45. The summed E-state index contributed by atoms with van der Waals surface area (Å²) >= 11 is 0. The number of nitrogens with one attached hydrogen (secondary N) is 1. The van der Waals surface area contributed by atoms with Gasteiger partial charge in [-0.25, -0.2) is 4.98 Å². The Morgan fingerprint density at radius 3 is 2.42 bits per heavy atom. The number of rotatable bonds is 3. The average Bonchev–Trinajstić information content (AvgIpc) is 3.08. The molecule has 0 radical (unpaired) electrons. The van der Waals surface area contributed by atoms with Gasteiger partial charge in [0, 0.05) is 34.1 Å². The zero-order valence-electron chi connectivity index (χ0n) is 14.3. The van der Waals surface area contributed by atoms with E-state index in [4.69, 9.17) is 0 Å². The summed E-state index contributed by atoms with van der Waals surface area (Å²) in [4.78, 5) is 8.24. The van der Waals surface area contributed by atoms with Gasteiger partial charge in [0.25, 0.3) is 5.69 Å². The fourth-order valence-electron chi connectivity index (χ4n) is 3.60. The van der Waals surface area contributed by atoms with Crippen molar-refractivity contribution in [3.05, 3.63) is 96.8 Å². The molecule has 0 atom stereocenters. The first kappa shape index (κ1) is 14.8. The lowest BCUT2D eigenvalue weighted by atomic mass is 10.1. The van der Waals surface area contributed by atoms with Crippen molar-refractivity contribution >= 4 is 21.8 Å². The fraction of sp³-hybridized carbons (Fsp3) is 0.0435. The molecule has 124 valence electrons. The molecule has 3 aromatic heterocycles. The summed E-state index contributed by atoms with van der Waals surface area (Å²) in [6.45, 7) is 0.804. The minimum Gasteiger partial charge on any atom is -0.349 e. The van der Waals surface area contributed by atoms with Crippen LogP contribution in [-0.2, 0) is 6.54 Å². The summed E-state index contributed by atoms with van der Waals surface area (Å²) < 4.78 is 2.27. The molecule has 0 fully saturated rings. The number of aromatic amines is 1. The van der Waals surface area contributed by atoms with Gasteiger partial charge >= 0.3 is 0 Å². The van der Waals surface area contributed by atoms with E-state index in [1.165, 1.54) is 16.3 Å². The number of nitrogens with zero attached hydrogens (tertiary/aromatic N) is 2. The molecule has 0 saturated carbocycles. The third-order valence-electron chi connectivity index (χ3n) is 4.79. The molecule has 0 aliphatic heterocycles. The van der Waals surface area contributed by atoms with Crippen LogP contribution in [0.2, 0.25) is 0 Å². The minimum absolute atomic E-state index is 0.804. The second kappa shape index (κ2) is 6.12. The fourth-order valence-corrected chi connectivity index (χ4v) is 3.60. The van der Waals surface area contributed by atoms with Gasteiger partial charge in [0.15, 0.2) is 12.7 Å². The molecule has 0 aliphatic rings. The van der Waals surface area contributed by atoms with Crippen LogP contribution in [0.3, 0.4) is 0 Å². The van der Waals surface area contributed by atoms with Gasteiger partial charge in [0.1, 0.15) is 11.2 Å². The number of pyridine rings is 2. The molecule has 0 amide bonds. The number of benzene rings is 2. The topological polar surface area (TPSA) is 32.6 Å². The quantitative estimate of drug-likeness (QED) is 0.475. The van der Waals surface area contributed by atoms with Crippen molar-refractivity contribution in [2.45, 2.75) is 6.54 Å². The first-order valence-electron chi connectivity index (χ1n) is 8.78. The third kappa shape index (κ3) is 2.45. The van der Waals surface area contributed by atoms with Gasteiger partial charge in [0.2, 0.25) is 0 Å². The number of para-hydroxylation sites is 1. The van der Waals surface area contributed by atoms with Crippen molar-refractivity contribution in [3.63, 3.8) is 0 Å². The highest BCUT2D eigenvalue weighted by atomic mass is 15.0. The lowest BCUT2D eigenvalue weighted by molar-refractivity contribution is -0.676. The average molecular weight is 336 g/mol. The van der Waals surface area contributed by atoms with Gasteiger partial charge in [-0.05, 0) is 18.2 Å². The Hall–Kier alpha value is -3.46. The van der Waals surface area contributed by atoms with E-state index in [1.54, 1.807) is 0 Å². The maximum atomic E-state index is 4.63. The molecular weight excluding hydrogens is 318 g/mol. The molecule has 5 aromatic rings. The summed E-state index contributed by atoms with van der Waals surface area (Å²) in [5.41, 5.74) is 5.63. The highest BCUT2D eigenvalue weighted by Crippen LogP contribution is 2.30. The van der Waals surface area contributed by atoms with Crippen molar-refractivity contribution in [1.82, 2.24) is 9.97 Å². The standard InChI is InChI=1S/C23H17N3/c1-2-8-17(9-3-1)16-26-15-13-19-18-10-4-5-11-20(18)25-22(19)23(26)21-12-6-7-14-24-21/h1-15H,16H2/p+1. The third-order valence-corrected chi connectivity index (χ3v) is 4.79. The Bertz CT molecular complexity index is 1190. The smallest absolute Gasteiger partial charge is 0.255 e. The summed E-state index contributed by atoms with van der Waals surface area (Å²) in [5.74, 6) is 0. The van der Waals surface area contributed by atoms with Crippen molar-refractivity contribution in [2.24, 2.45) is 0 Å². The van der Waals surface area contributed by atoms with Crippen LogP contribution in [0, 0.1) is 0 Å². The summed E-state index contributed by atoms with van der Waals surface area (Å²) in [6.07, 6.45) is 4.02. The van der Waals surface area contributed by atoms with Gasteiger partial charge in [-0.3, -0.25) is 0 Å². The maximum Gasteiger partial charge on any atom is 0.255 e. The predicted molar refractivity (Wildman–Crippen MR) is 105 cm³/mol. The van der Waals surface area contributed by atoms with Gasteiger partial charge in [-0.1, -0.05) is 54.6 Å². The number of hydrogen-bond acceptors (Lipinski definition) is 1. The summed E-state index contributed by atoms with van der Waals surface area (Å²) in [7, 11) is 0. The van der Waals surface area contributed by atoms with Crippen LogP contribution in [0.1, 0.15) is 5.56 Å². The molecule has 0 bridgehead atoms. The Balaban J connectivity index is 1.80. The van der Waals surface area contributed by atoms with Gasteiger partial charge < -0.3 is 4.98 Å². The first-order chi connectivity index (χ1) is 12.9. The van der Waals surface area contributed by atoms with Crippen LogP contribution < -0.4 is 4.57 Å². The molecule has 5 rings (SSSR count). The molecule has 0 spiro atoms. The van der Waals surface area contributed by atoms with Crippen LogP contribution in [-0.4, -0.2) is 9.97 Å². The maximum absolute atomic E-state index is 4.63. The number of H-pyrrole nitrogens is 1. The van der Waals surface area contributed by atoms with Crippen LogP contribution in [0.25, 0.3) is 33.2 Å². The van der Waals surface area contributed by atoms with Crippen LogP contribution in [0.15, 0.2) is 91.3 Å². The molecular formula is C23H18N3+. The lowest BCUT2D eigenvalue weighted by Crippen LogP contribution is -2.36. The Labute approximate surface area is 151 Å². The lowest BCUT2D eigenvalue weighted by Gasteiger charge is -2.05. The molecule has 2 aromatic carbocycles. The second-order valence-corrected chi connectivity index (χ2v) is 6.45. The van der Waals surface area contributed by atoms with E-state index in [1.807, 2.05) is 18.3 Å². The van der Waals surface area contributed by atoms with E-state index >= 15 is 0 Å². The van der Waals surface area contributed by atoms with Gasteiger partial charge in [-0.2, -0.15) is 4.57 Å². The Morgan fingerprint density at radius 2 is 1.58 bits per heavy atom. The zero-order chi connectivity index (χ0) is 17.3. The van der Waals surface area contributed by atoms with Gasteiger partial charge in [-0.15, -0.1) is 0 Å². The molecule has 0 aliphatic carbocycles. The largest absolute Gasteiger partial charge is 0.349 e. The van der Waals surface area contributed by atoms with Crippen LogP contribution in [0.5, 0.6) is 0 Å². The van der Waals surface area contributed by atoms with E-state index in [9.17, 15) is 0 Å². The Morgan fingerprint density at radius 1 is 0.769 bits per heavy atom. The highest BCUT2D eigenvalue weighted by molar-refractivity contribution is 6.10. The van der Waals surface area contributed by atoms with Crippen molar-refractivity contribution in [2.75, 3.05) is 0 Å². The number of hydrogen-bond donors (Lipinski definition) is 1. The predicted octanol–water partition coefficient (Wildman–Crippen LogP) is 4.72. The summed E-state index contributed by atoms with van der Waals surface area (Å²) in [5, 5.41) is 2.47. The SMILES string of the molecule is c1ccc(C[n+]2ccc3c([nH]c4ccccc43)c2-c2ccccn2)cc1. The number of fused-ring (bicyclic) bond motifs is 3. The molecule has 0 saturated heterocycles. The minimum atomic E-state index is 0.804. The van der Waals surface area contributed by atoms with E-state index < -0.39 is 0 Å². The molecule has 3 heteroatoms. The van der Waals surface area contributed by atoms with E-state index in [0.717, 1.165) is 29.0 Å². The normalized spacial score (nSPS) is 11.2. The van der Waals surface area contributed by atoms with Crippen molar-refractivity contribution < 1.29 is 4.57 Å². The van der Waals surface area contributed by atoms with E-state index in [2.05, 4.69) is 87.5 Å². The molecule has 26 heavy (non-hydrogen) atoms. The van der Waals surface area contributed by atoms with Crippen molar-refractivity contribution in [1.29, 1.82) is 0 Å². The zero-order valence-corrected chi connectivity index (χ0v) is 14.3. The van der Waals surface area contributed by atoms with Crippen LogP contribution >= 0.6 is 0 Å². The highest BCUT2D eigenvalue weighted by Gasteiger charge is 2.21. The summed E-state index contributed by atoms with van der Waals surface area (Å²) in [6, 6.07) is 27.2. The van der Waals surface area contributed by atoms with Crippen LogP contribution in [0.4, 0.5) is 0 Å². The number of aromatic nitrogens is 3. The molecule has 3 nitrogen and oxygen atoms in total. The molecule has 1 N–H and O–H groups in total. The molecule has 3 heterocycles.